The van der Waals surface area contributed by atoms with E-state index >= 15 is 0 Å². The molecule has 104 valence electrons. The van der Waals surface area contributed by atoms with Gasteiger partial charge in [0.1, 0.15) is 0 Å². The van der Waals surface area contributed by atoms with Crippen molar-refractivity contribution in [2.75, 3.05) is 5.32 Å². The number of anilines is 1. The van der Waals surface area contributed by atoms with Crippen molar-refractivity contribution in [2.24, 2.45) is 0 Å². The van der Waals surface area contributed by atoms with Crippen LogP contribution in [0.2, 0.25) is 0 Å². The van der Waals surface area contributed by atoms with E-state index in [4.69, 9.17) is 0 Å². The Bertz CT molecular complexity index is 787. The van der Waals surface area contributed by atoms with Gasteiger partial charge < -0.3 is 5.32 Å². The van der Waals surface area contributed by atoms with Crippen LogP contribution in [0.1, 0.15) is 29.7 Å². The lowest BCUT2D eigenvalue weighted by Crippen LogP contribution is -2.05. The number of hydrogen-bond acceptors (Lipinski definition) is 1. The maximum atomic E-state index is 3.73. The molecule has 3 aromatic rings. The summed E-state index contributed by atoms with van der Waals surface area (Å²) in [6.45, 7) is 2.20. The van der Waals surface area contributed by atoms with Crippen LogP contribution in [0.5, 0.6) is 0 Å². The van der Waals surface area contributed by atoms with Crippen LogP contribution in [0.3, 0.4) is 0 Å². The zero-order valence-corrected chi connectivity index (χ0v) is 12.3. The number of aryl methyl sites for hydroxylation is 1. The number of rotatable bonds is 2. The Labute approximate surface area is 125 Å². The quantitative estimate of drug-likeness (QED) is 0.684. The van der Waals surface area contributed by atoms with Crippen molar-refractivity contribution < 1.29 is 0 Å². The Morgan fingerprint density at radius 1 is 0.952 bits per heavy atom. The van der Waals surface area contributed by atoms with E-state index in [0.717, 1.165) is 12.8 Å². The monoisotopic (exact) mass is 273 g/mol. The van der Waals surface area contributed by atoms with Crippen LogP contribution in [0.15, 0.2) is 60.7 Å². The third-order valence-electron chi connectivity index (χ3n) is 4.55. The summed E-state index contributed by atoms with van der Waals surface area (Å²) in [5, 5.41) is 6.38. The number of nitrogens with one attached hydrogen (secondary N) is 1. The average Bonchev–Trinajstić information content (AvgIpc) is 2.99. The SMILES string of the molecule is CCc1ccc(C2Cc3ccc4ccccc4c3N2)cc1. The van der Waals surface area contributed by atoms with E-state index in [0.29, 0.717) is 6.04 Å². The summed E-state index contributed by atoms with van der Waals surface area (Å²) in [7, 11) is 0. The molecule has 1 heteroatoms. The van der Waals surface area contributed by atoms with Crippen LogP contribution < -0.4 is 5.32 Å². The van der Waals surface area contributed by atoms with E-state index in [1.165, 1.54) is 33.2 Å². The molecule has 0 amide bonds. The molecule has 1 heterocycles. The van der Waals surface area contributed by atoms with E-state index < -0.39 is 0 Å². The second kappa shape index (κ2) is 4.92. The summed E-state index contributed by atoms with van der Waals surface area (Å²) in [4.78, 5) is 0. The van der Waals surface area contributed by atoms with Gasteiger partial charge in [-0.25, -0.2) is 0 Å². The second-order valence-corrected chi connectivity index (χ2v) is 5.82. The van der Waals surface area contributed by atoms with Crippen LogP contribution in [0.4, 0.5) is 5.69 Å². The first kappa shape index (κ1) is 12.5. The summed E-state index contributed by atoms with van der Waals surface area (Å²) in [5.74, 6) is 0. The van der Waals surface area contributed by atoms with Crippen LogP contribution in [0, 0.1) is 0 Å². The molecule has 1 N–H and O–H groups in total. The maximum absolute atomic E-state index is 3.73. The third-order valence-corrected chi connectivity index (χ3v) is 4.55. The fourth-order valence-electron chi connectivity index (χ4n) is 3.29. The van der Waals surface area contributed by atoms with E-state index in [9.17, 15) is 0 Å². The van der Waals surface area contributed by atoms with Gasteiger partial charge in [0, 0.05) is 11.1 Å². The topological polar surface area (TPSA) is 12.0 Å². The molecule has 0 saturated heterocycles. The van der Waals surface area contributed by atoms with E-state index in [1.54, 1.807) is 0 Å². The first-order valence-corrected chi connectivity index (χ1v) is 7.71. The first-order valence-electron chi connectivity index (χ1n) is 7.71. The lowest BCUT2D eigenvalue weighted by molar-refractivity contribution is 0.823. The van der Waals surface area contributed by atoms with Crippen molar-refractivity contribution in [3.8, 4) is 0 Å². The van der Waals surface area contributed by atoms with Crippen molar-refractivity contribution in [1.82, 2.24) is 0 Å². The fraction of sp³-hybridized carbons (Fsp3) is 0.200. The van der Waals surface area contributed by atoms with Gasteiger partial charge in [0.25, 0.3) is 0 Å². The van der Waals surface area contributed by atoms with Crippen LogP contribution in [0.25, 0.3) is 10.8 Å². The van der Waals surface area contributed by atoms with Gasteiger partial charge in [-0.15, -0.1) is 0 Å². The molecule has 0 radical (unpaired) electrons. The molecular formula is C20H19N. The molecule has 1 atom stereocenters. The minimum absolute atomic E-state index is 0.400. The predicted molar refractivity (Wildman–Crippen MR) is 89.8 cm³/mol. The highest BCUT2D eigenvalue weighted by molar-refractivity contribution is 5.96. The van der Waals surface area contributed by atoms with Crippen LogP contribution in [-0.2, 0) is 12.8 Å². The fourth-order valence-corrected chi connectivity index (χ4v) is 3.29. The molecule has 3 aromatic carbocycles. The third kappa shape index (κ3) is 2.09. The maximum Gasteiger partial charge on any atom is 0.0555 e. The smallest absolute Gasteiger partial charge is 0.0555 e. The molecule has 0 aliphatic carbocycles. The largest absolute Gasteiger partial charge is 0.377 e. The summed E-state index contributed by atoms with van der Waals surface area (Å²) in [6, 6.07) is 22.6. The molecule has 4 rings (SSSR count). The lowest BCUT2D eigenvalue weighted by Gasteiger charge is -2.13. The molecule has 1 unspecified atom stereocenters. The molecule has 0 aromatic heterocycles. The molecule has 1 nitrogen and oxygen atoms in total. The number of hydrogen-bond donors (Lipinski definition) is 1. The van der Waals surface area contributed by atoms with Gasteiger partial charge in [0.2, 0.25) is 0 Å². The van der Waals surface area contributed by atoms with Crippen LogP contribution in [-0.4, -0.2) is 0 Å². The lowest BCUT2D eigenvalue weighted by atomic mass is 10.00. The Balaban J connectivity index is 1.71. The van der Waals surface area contributed by atoms with Crippen molar-refractivity contribution in [3.05, 3.63) is 77.4 Å². The highest BCUT2D eigenvalue weighted by Crippen LogP contribution is 2.39. The predicted octanol–water partition coefficient (Wildman–Crippen LogP) is 5.11. The molecule has 0 bridgehead atoms. The summed E-state index contributed by atoms with van der Waals surface area (Å²) < 4.78 is 0. The summed E-state index contributed by atoms with van der Waals surface area (Å²) in [5.41, 5.74) is 5.53. The molecule has 1 aliphatic heterocycles. The minimum atomic E-state index is 0.400. The van der Waals surface area contributed by atoms with Gasteiger partial charge in [-0.1, -0.05) is 67.6 Å². The van der Waals surface area contributed by atoms with Crippen LogP contribution >= 0.6 is 0 Å². The van der Waals surface area contributed by atoms with E-state index in [1.807, 2.05) is 0 Å². The van der Waals surface area contributed by atoms with Gasteiger partial charge in [-0.3, -0.25) is 0 Å². The zero-order chi connectivity index (χ0) is 14.2. The Kier molecular flexibility index (Phi) is 2.92. The number of benzene rings is 3. The van der Waals surface area contributed by atoms with Gasteiger partial charge >= 0.3 is 0 Å². The Morgan fingerprint density at radius 2 is 1.76 bits per heavy atom. The molecule has 0 spiro atoms. The van der Waals surface area contributed by atoms with Gasteiger partial charge in [0.15, 0.2) is 0 Å². The molecular weight excluding hydrogens is 254 g/mol. The minimum Gasteiger partial charge on any atom is -0.377 e. The first-order chi connectivity index (χ1) is 10.3. The highest BCUT2D eigenvalue weighted by atomic mass is 15.0. The van der Waals surface area contributed by atoms with E-state index in [-0.39, 0.29) is 0 Å². The normalized spacial score (nSPS) is 16.7. The molecule has 1 aliphatic rings. The summed E-state index contributed by atoms with van der Waals surface area (Å²) >= 11 is 0. The highest BCUT2D eigenvalue weighted by Gasteiger charge is 2.23. The van der Waals surface area contributed by atoms with Gasteiger partial charge in [-0.05, 0) is 34.9 Å². The molecule has 21 heavy (non-hydrogen) atoms. The van der Waals surface area contributed by atoms with Gasteiger partial charge in [0.05, 0.1) is 6.04 Å². The van der Waals surface area contributed by atoms with Gasteiger partial charge in [-0.2, -0.15) is 0 Å². The van der Waals surface area contributed by atoms with Crippen molar-refractivity contribution in [3.63, 3.8) is 0 Å². The standard InChI is InChI=1S/C20H19N/c1-2-14-7-9-16(10-8-14)19-13-17-12-11-15-5-3-4-6-18(15)20(17)21-19/h3-12,19,21H,2,13H2,1H3. The Hall–Kier alpha value is -2.28. The number of fused-ring (bicyclic) bond motifs is 3. The zero-order valence-electron chi connectivity index (χ0n) is 12.3. The van der Waals surface area contributed by atoms with Crippen molar-refractivity contribution in [2.45, 2.75) is 25.8 Å². The second-order valence-electron chi connectivity index (χ2n) is 5.82. The molecule has 0 saturated carbocycles. The van der Waals surface area contributed by atoms with Crippen molar-refractivity contribution >= 4 is 16.5 Å². The van der Waals surface area contributed by atoms with Crippen molar-refractivity contribution in [1.29, 1.82) is 0 Å². The Morgan fingerprint density at radius 3 is 2.57 bits per heavy atom. The summed E-state index contributed by atoms with van der Waals surface area (Å²) in [6.07, 6.45) is 2.18. The molecule has 0 fully saturated rings. The van der Waals surface area contributed by atoms with E-state index in [2.05, 4.69) is 72.9 Å². The average molecular weight is 273 g/mol.